The van der Waals surface area contributed by atoms with E-state index in [2.05, 4.69) is 5.32 Å². The average Bonchev–Trinajstić information content (AvgIpc) is 2.25. The average molecular weight is 279 g/mol. The summed E-state index contributed by atoms with van der Waals surface area (Å²) in [6.45, 7) is 3.24. The summed E-state index contributed by atoms with van der Waals surface area (Å²) in [6.07, 6.45) is -6.59. The van der Waals surface area contributed by atoms with E-state index in [0.29, 0.717) is 18.2 Å². The van der Waals surface area contributed by atoms with Crippen LogP contribution in [0.2, 0.25) is 0 Å². The normalized spacial score (nSPS) is 13.5. The van der Waals surface area contributed by atoms with Crippen molar-refractivity contribution in [3.05, 3.63) is 35.1 Å². The smallest absolute Gasteiger partial charge is 0.378 e. The molecule has 2 N–H and O–H groups in total. The fourth-order valence-electron chi connectivity index (χ4n) is 1.45. The molecule has 3 nitrogen and oxygen atoms in total. The number of carbonyl (C=O) groups excluding carboxylic acids is 1. The minimum atomic E-state index is -4.74. The first kappa shape index (κ1) is 15.4. The molecule has 0 aliphatic rings. The van der Waals surface area contributed by atoms with Crippen molar-refractivity contribution in [3.8, 4) is 0 Å². The minimum absolute atomic E-state index is 0.294. The lowest BCUT2D eigenvalue weighted by molar-refractivity contribution is -0.138. The van der Waals surface area contributed by atoms with Gasteiger partial charge in [0.15, 0.2) is 6.10 Å². The number of benzene rings is 1. The Hall–Kier alpha value is -1.63. The minimum Gasteiger partial charge on any atom is -0.378 e. The molecular weight excluding hydrogens is 266 g/mol. The van der Waals surface area contributed by atoms with E-state index in [9.17, 15) is 27.5 Å². The molecule has 0 spiro atoms. The number of nitrogens with one attached hydrogen (secondary N) is 1. The zero-order chi connectivity index (χ0) is 14.8. The highest BCUT2D eigenvalue weighted by atomic mass is 19.4. The van der Waals surface area contributed by atoms with Crippen molar-refractivity contribution in [1.82, 2.24) is 5.32 Å². The van der Waals surface area contributed by atoms with Crippen molar-refractivity contribution in [3.63, 3.8) is 0 Å². The Kier molecular flexibility index (Phi) is 4.52. The molecule has 1 aromatic rings. The van der Waals surface area contributed by atoms with Crippen molar-refractivity contribution >= 4 is 5.91 Å². The molecule has 1 rings (SSSR count). The first-order chi connectivity index (χ1) is 8.61. The molecule has 0 aromatic heterocycles. The van der Waals surface area contributed by atoms with Crippen LogP contribution < -0.4 is 5.32 Å². The number of carbonyl (C=O) groups is 1. The molecule has 0 saturated heterocycles. The highest BCUT2D eigenvalue weighted by Crippen LogP contribution is 2.31. The number of halogens is 4. The maximum atomic E-state index is 13.1. The number of aliphatic hydroxyl groups excluding tert-OH is 1. The maximum absolute atomic E-state index is 13.1. The predicted molar refractivity (Wildman–Crippen MR) is 59.6 cm³/mol. The van der Waals surface area contributed by atoms with Crippen LogP contribution in [0.4, 0.5) is 17.6 Å². The van der Waals surface area contributed by atoms with Crippen LogP contribution in [0.1, 0.15) is 31.1 Å². The van der Waals surface area contributed by atoms with Crippen molar-refractivity contribution in [2.45, 2.75) is 32.2 Å². The summed E-state index contributed by atoms with van der Waals surface area (Å²) in [5, 5.41) is 11.9. The van der Waals surface area contributed by atoms with Crippen LogP contribution in [0.15, 0.2) is 18.2 Å². The number of aliphatic hydroxyl groups is 1. The lowest BCUT2D eigenvalue weighted by Gasteiger charge is -2.15. The van der Waals surface area contributed by atoms with Crippen LogP contribution in [-0.2, 0) is 11.0 Å². The summed E-state index contributed by atoms with van der Waals surface area (Å²) in [7, 11) is 0. The SMILES string of the molecule is CC(C)NC(=O)C(O)c1cc(F)cc(C(F)(F)F)c1. The molecule has 0 fully saturated rings. The van der Waals surface area contributed by atoms with Gasteiger partial charge >= 0.3 is 6.18 Å². The zero-order valence-electron chi connectivity index (χ0n) is 10.3. The molecule has 1 unspecified atom stereocenters. The van der Waals surface area contributed by atoms with E-state index in [1.165, 1.54) is 0 Å². The maximum Gasteiger partial charge on any atom is 0.416 e. The standard InChI is InChI=1S/C12H13F4NO2/c1-6(2)17-11(19)10(18)7-3-8(12(14,15)16)5-9(13)4-7/h3-6,10,18H,1-2H3,(H,17,19). The third-order valence-corrected chi connectivity index (χ3v) is 2.24. The Morgan fingerprint density at radius 1 is 1.26 bits per heavy atom. The third kappa shape index (κ3) is 4.20. The van der Waals surface area contributed by atoms with Gasteiger partial charge in [-0.05, 0) is 37.6 Å². The molecule has 1 atom stereocenters. The van der Waals surface area contributed by atoms with E-state index in [4.69, 9.17) is 0 Å². The first-order valence-corrected chi connectivity index (χ1v) is 5.47. The van der Waals surface area contributed by atoms with Gasteiger partial charge < -0.3 is 10.4 Å². The molecule has 0 bridgehead atoms. The van der Waals surface area contributed by atoms with Gasteiger partial charge in [0.05, 0.1) is 5.56 Å². The summed E-state index contributed by atoms with van der Waals surface area (Å²) >= 11 is 0. The van der Waals surface area contributed by atoms with Crippen LogP contribution in [0.3, 0.4) is 0 Å². The lowest BCUT2D eigenvalue weighted by Crippen LogP contribution is -2.34. The van der Waals surface area contributed by atoms with Gasteiger partial charge in [-0.3, -0.25) is 4.79 Å². The van der Waals surface area contributed by atoms with Gasteiger partial charge in [0, 0.05) is 6.04 Å². The van der Waals surface area contributed by atoms with Crippen LogP contribution >= 0.6 is 0 Å². The van der Waals surface area contributed by atoms with Crippen molar-refractivity contribution in [1.29, 1.82) is 0 Å². The van der Waals surface area contributed by atoms with E-state index in [1.54, 1.807) is 13.8 Å². The van der Waals surface area contributed by atoms with Gasteiger partial charge in [0.2, 0.25) is 0 Å². The van der Waals surface area contributed by atoms with Gasteiger partial charge in [-0.25, -0.2) is 4.39 Å². The molecule has 106 valence electrons. The van der Waals surface area contributed by atoms with Crippen molar-refractivity contribution < 1.29 is 27.5 Å². The van der Waals surface area contributed by atoms with Crippen LogP contribution in [-0.4, -0.2) is 17.1 Å². The second-order valence-electron chi connectivity index (χ2n) is 4.34. The molecule has 0 saturated carbocycles. The molecule has 1 aromatic carbocycles. The molecule has 0 radical (unpaired) electrons. The van der Waals surface area contributed by atoms with Crippen LogP contribution in [0, 0.1) is 5.82 Å². The largest absolute Gasteiger partial charge is 0.416 e. The summed E-state index contributed by atoms with van der Waals surface area (Å²) in [4.78, 5) is 11.5. The van der Waals surface area contributed by atoms with E-state index >= 15 is 0 Å². The molecule has 19 heavy (non-hydrogen) atoms. The van der Waals surface area contributed by atoms with E-state index < -0.39 is 35.1 Å². The quantitative estimate of drug-likeness (QED) is 0.835. The molecule has 0 aliphatic heterocycles. The van der Waals surface area contributed by atoms with Gasteiger partial charge in [0.1, 0.15) is 5.82 Å². The second-order valence-corrected chi connectivity index (χ2v) is 4.34. The Labute approximate surface area is 107 Å². The number of hydrogen-bond acceptors (Lipinski definition) is 2. The molecule has 0 aliphatic carbocycles. The Morgan fingerprint density at radius 2 is 1.84 bits per heavy atom. The van der Waals surface area contributed by atoms with E-state index in [-0.39, 0.29) is 6.04 Å². The highest BCUT2D eigenvalue weighted by molar-refractivity contribution is 5.82. The first-order valence-electron chi connectivity index (χ1n) is 5.47. The third-order valence-electron chi connectivity index (χ3n) is 2.24. The molecule has 1 amide bonds. The lowest BCUT2D eigenvalue weighted by atomic mass is 10.0. The fraction of sp³-hybridized carbons (Fsp3) is 0.417. The van der Waals surface area contributed by atoms with Crippen molar-refractivity contribution in [2.24, 2.45) is 0 Å². The van der Waals surface area contributed by atoms with Gasteiger partial charge in [-0.15, -0.1) is 0 Å². The highest BCUT2D eigenvalue weighted by Gasteiger charge is 2.32. The van der Waals surface area contributed by atoms with E-state index in [1.807, 2.05) is 0 Å². The van der Waals surface area contributed by atoms with Gasteiger partial charge in [-0.2, -0.15) is 13.2 Å². The number of alkyl halides is 3. The van der Waals surface area contributed by atoms with Crippen LogP contribution in [0.5, 0.6) is 0 Å². The summed E-state index contributed by atoms with van der Waals surface area (Å²) < 4.78 is 50.5. The molecule has 7 heteroatoms. The number of rotatable bonds is 3. The summed E-state index contributed by atoms with van der Waals surface area (Å²) in [6, 6.07) is 1.25. The van der Waals surface area contributed by atoms with Gasteiger partial charge in [-0.1, -0.05) is 0 Å². The number of amides is 1. The van der Waals surface area contributed by atoms with Crippen molar-refractivity contribution in [2.75, 3.05) is 0 Å². The molecular formula is C12H13F4NO2. The predicted octanol–water partition coefficient (Wildman–Crippen LogP) is 2.40. The monoisotopic (exact) mass is 279 g/mol. The number of hydrogen-bond donors (Lipinski definition) is 2. The Bertz CT molecular complexity index is 471. The Morgan fingerprint density at radius 3 is 2.32 bits per heavy atom. The fourth-order valence-corrected chi connectivity index (χ4v) is 1.45. The summed E-state index contributed by atoms with van der Waals surface area (Å²) in [5.74, 6) is -2.05. The van der Waals surface area contributed by atoms with Crippen LogP contribution in [0.25, 0.3) is 0 Å². The second kappa shape index (κ2) is 5.56. The zero-order valence-corrected chi connectivity index (χ0v) is 10.3. The van der Waals surface area contributed by atoms with Gasteiger partial charge in [0.25, 0.3) is 5.91 Å². The molecule has 0 heterocycles. The topological polar surface area (TPSA) is 49.3 Å². The Balaban J connectivity index is 3.07. The summed E-state index contributed by atoms with van der Waals surface area (Å²) in [5.41, 5.74) is -1.69. The van der Waals surface area contributed by atoms with E-state index in [0.717, 1.165) is 0 Å².